The molecule has 0 spiro atoms. The van der Waals surface area contributed by atoms with E-state index in [2.05, 4.69) is 98.9 Å². The Hall–Kier alpha value is -2.77. The number of unbranched alkanes of at least 4 members (excludes halogenated alkanes) is 15. The number of hydrogen-bond acceptors (Lipinski definition) is 7. The van der Waals surface area contributed by atoms with Crippen LogP contribution in [0, 0.1) is 0 Å². The second-order valence-corrected chi connectivity index (χ2v) is 16.1. The third-order valence-electron chi connectivity index (χ3n) is 9.20. The van der Waals surface area contributed by atoms with Gasteiger partial charge in [0.25, 0.3) is 0 Å². The summed E-state index contributed by atoms with van der Waals surface area (Å²) < 4.78 is 32.7. The summed E-state index contributed by atoms with van der Waals surface area (Å²) in [5, 5.41) is 0. The minimum Gasteiger partial charge on any atom is -0.462 e. The summed E-state index contributed by atoms with van der Waals surface area (Å²) in [7, 11) is -4.29. The van der Waals surface area contributed by atoms with Crippen molar-refractivity contribution < 1.29 is 37.6 Å². The van der Waals surface area contributed by atoms with Crippen LogP contribution in [0.1, 0.15) is 188 Å². The Morgan fingerprint density at radius 1 is 0.466 bits per heavy atom. The lowest BCUT2D eigenvalue weighted by Crippen LogP contribution is -2.29. The number of phosphoric acid groups is 1. The van der Waals surface area contributed by atoms with Crippen molar-refractivity contribution >= 4 is 19.8 Å². The fraction of sp³-hybridized carbons (Fsp3) is 0.673. The molecule has 9 heteroatoms. The second kappa shape index (κ2) is 43.8. The van der Waals surface area contributed by atoms with E-state index in [1.54, 1.807) is 6.92 Å². The molecule has 0 aliphatic rings. The Morgan fingerprint density at radius 3 is 1.24 bits per heavy atom. The molecule has 2 atom stereocenters. The summed E-state index contributed by atoms with van der Waals surface area (Å²) in [5.74, 6) is -0.823. The largest absolute Gasteiger partial charge is 0.472 e. The van der Waals surface area contributed by atoms with Crippen LogP contribution in [0.25, 0.3) is 0 Å². The minimum atomic E-state index is -4.29. The SMILES string of the molecule is CC/C=C\C/C=C\C/C=C\C/C=C\CCCCCCCCCCC(=O)OC(COC(=O)CCCCCCCCC/C=C\C/C=C\C/C=C\CC)COP(=O)(O)OCC. The molecule has 332 valence electrons. The molecule has 0 aliphatic carbocycles. The van der Waals surface area contributed by atoms with Crippen LogP contribution in [0.2, 0.25) is 0 Å². The molecule has 0 saturated heterocycles. The predicted molar refractivity (Wildman–Crippen MR) is 244 cm³/mol. The Labute approximate surface area is 355 Å². The van der Waals surface area contributed by atoms with Gasteiger partial charge in [-0.05, 0) is 90.4 Å². The third-order valence-corrected chi connectivity index (χ3v) is 10.3. The van der Waals surface area contributed by atoms with Gasteiger partial charge in [0.1, 0.15) is 6.61 Å². The molecule has 0 amide bonds. The lowest BCUT2D eigenvalue weighted by Gasteiger charge is -2.19. The van der Waals surface area contributed by atoms with Gasteiger partial charge in [0, 0.05) is 12.8 Å². The first-order chi connectivity index (χ1) is 28.3. The number of allylic oxidation sites excluding steroid dienone is 14. The van der Waals surface area contributed by atoms with E-state index in [4.69, 9.17) is 18.5 Å². The van der Waals surface area contributed by atoms with Gasteiger partial charge in [0.2, 0.25) is 0 Å². The van der Waals surface area contributed by atoms with E-state index < -0.39 is 26.5 Å². The summed E-state index contributed by atoms with van der Waals surface area (Å²) >= 11 is 0. The van der Waals surface area contributed by atoms with Crippen molar-refractivity contribution in [3.8, 4) is 0 Å². The summed E-state index contributed by atoms with van der Waals surface area (Å²) in [4.78, 5) is 34.8. The number of carbonyl (C=O) groups excluding carboxylic acids is 2. The summed E-state index contributed by atoms with van der Waals surface area (Å²) in [6.45, 7) is 5.23. The van der Waals surface area contributed by atoms with Gasteiger partial charge in [-0.25, -0.2) is 4.57 Å². The van der Waals surface area contributed by atoms with Crippen LogP contribution in [0.15, 0.2) is 85.1 Å². The number of rotatable bonds is 41. The van der Waals surface area contributed by atoms with E-state index in [-0.39, 0.29) is 32.0 Å². The highest BCUT2D eigenvalue weighted by atomic mass is 31.2. The molecule has 0 aromatic carbocycles. The number of hydrogen-bond donors (Lipinski definition) is 1. The Bertz CT molecular complexity index is 1210. The molecular formula is C49H83O8P. The fourth-order valence-corrected chi connectivity index (χ4v) is 6.68. The first-order valence-electron chi connectivity index (χ1n) is 22.9. The van der Waals surface area contributed by atoms with Crippen molar-refractivity contribution in [3.05, 3.63) is 85.1 Å². The van der Waals surface area contributed by atoms with Gasteiger partial charge >= 0.3 is 19.8 Å². The molecule has 0 saturated carbocycles. The van der Waals surface area contributed by atoms with Crippen LogP contribution in [-0.2, 0) is 32.7 Å². The lowest BCUT2D eigenvalue weighted by molar-refractivity contribution is -0.161. The molecule has 0 aliphatic heterocycles. The number of phosphoric ester groups is 1. The molecule has 2 unspecified atom stereocenters. The van der Waals surface area contributed by atoms with E-state index in [0.29, 0.717) is 6.42 Å². The third kappa shape index (κ3) is 42.8. The lowest BCUT2D eigenvalue weighted by atomic mass is 10.1. The van der Waals surface area contributed by atoms with Crippen molar-refractivity contribution in [2.75, 3.05) is 19.8 Å². The normalized spacial score (nSPS) is 14.1. The van der Waals surface area contributed by atoms with Crippen molar-refractivity contribution in [1.29, 1.82) is 0 Å². The van der Waals surface area contributed by atoms with Crippen LogP contribution >= 0.6 is 7.82 Å². The van der Waals surface area contributed by atoms with Crippen molar-refractivity contribution in [2.45, 2.75) is 194 Å². The van der Waals surface area contributed by atoms with Gasteiger partial charge in [-0.1, -0.05) is 170 Å². The van der Waals surface area contributed by atoms with Crippen LogP contribution in [-0.4, -0.2) is 42.8 Å². The summed E-state index contributed by atoms with van der Waals surface area (Å²) in [5.41, 5.74) is 0. The van der Waals surface area contributed by atoms with Gasteiger partial charge in [0.15, 0.2) is 6.10 Å². The van der Waals surface area contributed by atoms with E-state index in [9.17, 15) is 19.0 Å². The minimum absolute atomic E-state index is 0.00754. The number of ether oxygens (including phenoxy) is 2. The fourth-order valence-electron chi connectivity index (χ4n) is 5.93. The highest BCUT2D eigenvalue weighted by Gasteiger charge is 2.25. The Balaban J connectivity index is 4.09. The smallest absolute Gasteiger partial charge is 0.462 e. The van der Waals surface area contributed by atoms with Crippen LogP contribution < -0.4 is 0 Å². The zero-order valence-electron chi connectivity index (χ0n) is 36.9. The van der Waals surface area contributed by atoms with Crippen molar-refractivity contribution in [3.63, 3.8) is 0 Å². The maximum absolute atomic E-state index is 12.6. The van der Waals surface area contributed by atoms with E-state index in [1.807, 2.05) is 0 Å². The maximum atomic E-state index is 12.6. The predicted octanol–water partition coefficient (Wildman–Crippen LogP) is 14.7. The molecular weight excluding hydrogens is 748 g/mol. The van der Waals surface area contributed by atoms with Crippen LogP contribution in [0.4, 0.5) is 0 Å². The molecule has 0 bridgehead atoms. The zero-order valence-corrected chi connectivity index (χ0v) is 37.8. The standard InChI is InChI=1S/C49H83O8P/c1-4-7-9-11-13-15-17-19-21-23-24-25-26-28-30-32-34-36-38-40-42-44-49(51)57-47(46-56-58(52,53)55-6-3)45-54-48(50)43-41-39-37-35-33-31-29-27-22-20-18-16-14-12-10-8-5-2/h7-10,13-16,19-22,24-25,47H,4-6,11-12,17-18,23,26-46H2,1-3H3,(H,52,53)/b9-7-,10-8-,15-13-,16-14-,21-19-,22-20-,25-24-. The van der Waals surface area contributed by atoms with Gasteiger partial charge < -0.3 is 14.4 Å². The molecule has 0 rings (SSSR count). The van der Waals surface area contributed by atoms with Gasteiger partial charge in [-0.15, -0.1) is 0 Å². The Morgan fingerprint density at radius 2 is 0.828 bits per heavy atom. The first-order valence-corrected chi connectivity index (χ1v) is 24.4. The van der Waals surface area contributed by atoms with Gasteiger partial charge in [-0.2, -0.15) is 0 Å². The monoisotopic (exact) mass is 831 g/mol. The molecule has 0 radical (unpaired) electrons. The van der Waals surface area contributed by atoms with E-state index in [0.717, 1.165) is 103 Å². The Kier molecular flexibility index (Phi) is 41.7. The zero-order chi connectivity index (χ0) is 42.5. The molecule has 0 aromatic heterocycles. The molecule has 8 nitrogen and oxygen atoms in total. The van der Waals surface area contributed by atoms with Gasteiger partial charge in [-0.3, -0.25) is 18.6 Å². The van der Waals surface area contributed by atoms with E-state index in [1.165, 1.54) is 44.9 Å². The molecule has 58 heavy (non-hydrogen) atoms. The van der Waals surface area contributed by atoms with Crippen molar-refractivity contribution in [2.24, 2.45) is 0 Å². The molecule has 1 N–H and O–H groups in total. The first kappa shape index (κ1) is 55.2. The highest BCUT2D eigenvalue weighted by Crippen LogP contribution is 2.43. The van der Waals surface area contributed by atoms with Crippen LogP contribution in [0.3, 0.4) is 0 Å². The number of esters is 2. The maximum Gasteiger partial charge on any atom is 0.472 e. The average Bonchev–Trinajstić information content (AvgIpc) is 3.20. The molecule has 0 fully saturated rings. The van der Waals surface area contributed by atoms with E-state index >= 15 is 0 Å². The molecule has 0 aromatic rings. The quantitative estimate of drug-likeness (QED) is 0.0281. The van der Waals surface area contributed by atoms with Gasteiger partial charge in [0.05, 0.1) is 13.2 Å². The van der Waals surface area contributed by atoms with Crippen LogP contribution in [0.5, 0.6) is 0 Å². The highest BCUT2D eigenvalue weighted by molar-refractivity contribution is 7.47. The average molecular weight is 831 g/mol. The topological polar surface area (TPSA) is 108 Å². The molecule has 0 heterocycles. The summed E-state index contributed by atoms with van der Waals surface area (Å²) in [6, 6.07) is 0. The second-order valence-electron chi connectivity index (χ2n) is 14.7. The summed E-state index contributed by atoms with van der Waals surface area (Å²) in [6.07, 6.45) is 56.3. The number of carbonyl (C=O) groups is 2. The van der Waals surface area contributed by atoms with Crippen molar-refractivity contribution in [1.82, 2.24) is 0 Å².